The molecule has 214 valence electrons. The maximum absolute atomic E-state index is 13.3. The molecule has 0 radical (unpaired) electrons. The number of carbonyl (C=O) groups excluding carboxylic acids is 2. The van der Waals surface area contributed by atoms with Crippen molar-refractivity contribution in [2.24, 2.45) is 0 Å². The molecule has 5 rings (SSSR count). The number of amides is 2. The first kappa shape index (κ1) is 28.0. The lowest BCUT2D eigenvalue weighted by Gasteiger charge is -2.40. The molecule has 1 atom stereocenters. The van der Waals surface area contributed by atoms with Crippen molar-refractivity contribution in [3.05, 3.63) is 46.8 Å². The number of aromatic amines is 1. The number of ether oxygens (including phenoxy) is 2. The molecule has 2 aromatic heterocycles. The summed E-state index contributed by atoms with van der Waals surface area (Å²) in [6.45, 7) is 12.6. The Hall–Kier alpha value is -3.50. The predicted octanol–water partition coefficient (Wildman–Crippen LogP) is 4.15. The number of nitrogens with one attached hydrogen (secondary N) is 1. The lowest BCUT2D eigenvalue weighted by Crippen LogP contribution is -2.48. The predicted molar refractivity (Wildman–Crippen MR) is 151 cm³/mol. The van der Waals surface area contributed by atoms with E-state index in [4.69, 9.17) is 14.5 Å². The largest absolute Gasteiger partial charge is 0.444 e. The molecule has 10 nitrogen and oxygen atoms in total. The monoisotopic (exact) mass is 549 g/mol. The van der Waals surface area contributed by atoms with E-state index in [-0.39, 0.29) is 5.91 Å². The van der Waals surface area contributed by atoms with Gasteiger partial charge in [-0.1, -0.05) is 6.92 Å². The van der Waals surface area contributed by atoms with Crippen LogP contribution in [0.15, 0.2) is 24.5 Å². The minimum atomic E-state index is -1.48. The van der Waals surface area contributed by atoms with Crippen molar-refractivity contribution >= 4 is 23.2 Å². The molecular weight excluding hydrogens is 510 g/mol. The van der Waals surface area contributed by atoms with Crippen molar-refractivity contribution in [1.29, 1.82) is 0 Å². The van der Waals surface area contributed by atoms with E-state index in [1.165, 1.54) is 13.8 Å². The second-order valence-corrected chi connectivity index (χ2v) is 12.1. The molecule has 0 bridgehead atoms. The standard InChI is InChI=1S/C30H39N5O5/c1-7-18-14-31-26-25(18)33-23(15-32-26)20-12-19-8-9-34(27(36)30(5,6)38)16-22(19)21(13-20)24-17-39-11-10-35(24)28(37)40-29(2,3)4/h12-15,24,38H,7-11,16-17H2,1-6H3,(H,31,32)/t24-/m0/s1. The van der Waals surface area contributed by atoms with Crippen LogP contribution in [0.5, 0.6) is 0 Å². The van der Waals surface area contributed by atoms with Gasteiger partial charge in [-0.3, -0.25) is 9.69 Å². The van der Waals surface area contributed by atoms with Gasteiger partial charge in [0.1, 0.15) is 16.7 Å². The van der Waals surface area contributed by atoms with Crippen LogP contribution < -0.4 is 0 Å². The van der Waals surface area contributed by atoms with Gasteiger partial charge in [-0.15, -0.1) is 0 Å². The topological polar surface area (TPSA) is 121 Å². The molecule has 0 unspecified atom stereocenters. The maximum atomic E-state index is 13.3. The lowest BCUT2D eigenvalue weighted by molar-refractivity contribution is -0.148. The summed E-state index contributed by atoms with van der Waals surface area (Å²) in [6.07, 6.45) is 4.75. The highest BCUT2D eigenvalue weighted by Gasteiger charge is 2.37. The Morgan fingerprint density at radius 1 is 1.20 bits per heavy atom. The summed E-state index contributed by atoms with van der Waals surface area (Å²) in [7, 11) is 0. The minimum absolute atomic E-state index is 0.303. The molecule has 40 heavy (non-hydrogen) atoms. The number of benzene rings is 1. The summed E-state index contributed by atoms with van der Waals surface area (Å²) in [5.74, 6) is -0.326. The number of H-pyrrole nitrogens is 1. The molecule has 2 aliphatic rings. The lowest BCUT2D eigenvalue weighted by atomic mass is 9.87. The zero-order chi connectivity index (χ0) is 28.8. The van der Waals surface area contributed by atoms with Gasteiger partial charge in [0.25, 0.3) is 5.91 Å². The average Bonchev–Trinajstić information content (AvgIpc) is 3.32. The van der Waals surface area contributed by atoms with E-state index in [0.29, 0.717) is 39.3 Å². The molecule has 1 fully saturated rings. The number of morpholine rings is 1. The molecule has 2 N–H and O–H groups in total. The van der Waals surface area contributed by atoms with Crippen LogP contribution in [0.1, 0.15) is 69.8 Å². The van der Waals surface area contributed by atoms with E-state index in [0.717, 1.165) is 51.1 Å². The van der Waals surface area contributed by atoms with Gasteiger partial charge in [-0.25, -0.2) is 14.8 Å². The molecule has 2 aliphatic heterocycles. The van der Waals surface area contributed by atoms with E-state index >= 15 is 0 Å². The number of rotatable bonds is 4. The van der Waals surface area contributed by atoms with Crippen LogP contribution in [0, 0.1) is 0 Å². The third kappa shape index (κ3) is 5.55. The van der Waals surface area contributed by atoms with Gasteiger partial charge in [-0.05, 0) is 81.8 Å². The zero-order valence-corrected chi connectivity index (χ0v) is 24.2. The van der Waals surface area contributed by atoms with Gasteiger partial charge >= 0.3 is 6.09 Å². The molecule has 10 heteroatoms. The fourth-order valence-electron chi connectivity index (χ4n) is 5.45. The Labute approximate surface area is 234 Å². The highest BCUT2D eigenvalue weighted by molar-refractivity contribution is 5.84. The summed E-state index contributed by atoms with van der Waals surface area (Å²) >= 11 is 0. The number of nitrogens with zero attached hydrogens (tertiary/aromatic N) is 4. The Kier molecular flexibility index (Phi) is 7.35. The molecule has 0 aliphatic carbocycles. The Morgan fingerprint density at radius 3 is 2.67 bits per heavy atom. The van der Waals surface area contributed by atoms with Gasteiger partial charge in [0.05, 0.1) is 31.1 Å². The van der Waals surface area contributed by atoms with E-state index in [1.807, 2.05) is 33.0 Å². The van der Waals surface area contributed by atoms with E-state index in [1.54, 1.807) is 16.0 Å². The van der Waals surface area contributed by atoms with E-state index < -0.39 is 23.3 Å². The van der Waals surface area contributed by atoms with Crippen molar-refractivity contribution in [1.82, 2.24) is 24.8 Å². The molecule has 1 aromatic carbocycles. The maximum Gasteiger partial charge on any atom is 0.410 e. The number of aliphatic hydroxyl groups is 1. The van der Waals surface area contributed by atoms with Gasteiger partial charge in [0.15, 0.2) is 5.65 Å². The highest BCUT2D eigenvalue weighted by atomic mass is 16.6. The van der Waals surface area contributed by atoms with Crippen LogP contribution in [0.2, 0.25) is 0 Å². The summed E-state index contributed by atoms with van der Waals surface area (Å²) in [5.41, 5.74) is 5.12. The number of aryl methyl sites for hydroxylation is 1. The first-order valence-corrected chi connectivity index (χ1v) is 13.9. The van der Waals surface area contributed by atoms with Gasteiger partial charge in [0, 0.05) is 31.4 Å². The zero-order valence-electron chi connectivity index (χ0n) is 24.2. The number of hydrogen-bond acceptors (Lipinski definition) is 7. The summed E-state index contributed by atoms with van der Waals surface area (Å²) in [5, 5.41) is 10.4. The number of hydrogen-bond donors (Lipinski definition) is 2. The number of carbonyl (C=O) groups is 2. The molecule has 2 amide bonds. The van der Waals surface area contributed by atoms with Crippen LogP contribution >= 0.6 is 0 Å². The second kappa shape index (κ2) is 10.5. The SMILES string of the molecule is CCc1c[nH]c2ncc(-c3cc4c(c([C@@H]5COCCN5C(=O)OC(C)(C)C)c3)CN(C(=O)C(C)(C)O)CC4)nc12. The van der Waals surface area contributed by atoms with E-state index in [2.05, 4.69) is 23.0 Å². The Morgan fingerprint density at radius 2 is 1.98 bits per heavy atom. The van der Waals surface area contributed by atoms with Gasteiger partial charge < -0.3 is 24.5 Å². The minimum Gasteiger partial charge on any atom is -0.444 e. The van der Waals surface area contributed by atoms with Crippen molar-refractivity contribution in [2.75, 3.05) is 26.3 Å². The molecule has 1 saturated heterocycles. The van der Waals surface area contributed by atoms with Gasteiger partial charge in [0.2, 0.25) is 0 Å². The summed E-state index contributed by atoms with van der Waals surface area (Å²) in [4.78, 5) is 42.6. The van der Waals surface area contributed by atoms with Crippen LogP contribution in [-0.2, 0) is 33.7 Å². The first-order chi connectivity index (χ1) is 18.9. The smallest absolute Gasteiger partial charge is 0.410 e. The summed E-state index contributed by atoms with van der Waals surface area (Å²) < 4.78 is 11.7. The first-order valence-electron chi connectivity index (χ1n) is 13.9. The Bertz CT molecular complexity index is 1430. The normalized spacial score (nSPS) is 18.1. The van der Waals surface area contributed by atoms with Crippen molar-refractivity contribution in [3.63, 3.8) is 0 Å². The Balaban J connectivity index is 1.62. The highest BCUT2D eigenvalue weighted by Crippen LogP contribution is 2.37. The molecule has 3 aromatic rings. The molecular formula is C30H39N5O5. The van der Waals surface area contributed by atoms with E-state index in [9.17, 15) is 14.7 Å². The van der Waals surface area contributed by atoms with Crippen molar-refractivity contribution in [2.45, 2.75) is 78.2 Å². The third-order valence-corrected chi connectivity index (χ3v) is 7.44. The van der Waals surface area contributed by atoms with Crippen LogP contribution in [-0.4, -0.2) is 79.4 Å². The van der Waals surface area contributed by atoms with Crippen molar-refractivity contribution < 1.29 is 24.2 Å². The number of fused-ring (bicyclic) bond motifs is 2. The van der Waals surface area contributed by atoms with Crippen LogP contribution in [0.3, 0.4) is 0 Å². The molecule has 0 spiro atoms. The van der Waals surface area contributed by atoms with Crippen LogP contribution in [0.4, 0.5) is 4.79 Å². The fourth-order valence-corrected chi connectivity index (χ4v) is 5.45. The number of aromatic nitrogens is 3. The molecule has 4 heterocycles. The average molecular weight is 550 g/mol. The third-order valence-electron chi connectivity index (χ3n) is 7.44. The summed E-state index contributed by atoms with van der Waals surface area (Å²) in [6, 6.07) is 3.74. The second-order valence-electron chi connectivity index (χ2n) is 12.1. The molecule has 0 saturated carbocycles. The van der Waals surface area contributed by atoms with Gasteiger partial charge in [-0.2, -0.15) is 0 Å². The fraction of sp³-hybridized carbons (Fsp3) is 0.533. The van der Waals surface area contributed by atoms with Crippen LogP contribution in [0.25, 0.3) is 22.4 Å². The van der Waals surface area contributed by atoms with Crippen molar-refractivity contribution in [3.8, 4) is 11.3 Å². The quantitative estimate of drug-likeness (QED) is 0.502.